The lowest BCUT2D eigenvalue weighted by Gasteiger charge is -2.20. The van der Waals surface area contributed by atoms with Crippen LogP contribution in [0.1, 0.15) is 34.2 Å². The Morgan fingerprint density at radius 2 is 1.92 bits per heavy atom. The fourth-order valence-electron chi connectivity index (χ4n) is 3.28. The highest BCUT2D eigenvalue weighted by atomic mass is 16.3. The van der Waals surface area contributed by atoms with Gasteiger partial charge in [-0.15, -0.1) is 0 Å². The molecule has 0 saturated heterocycles. The molecule has 130 valence electrons. The third-order valence-corrected chi connectivity index (χ3v) is 4.62. The molecule has 0 unspecified atom stereocenters. The van der Waals surface area contributed by atoms with Crippen LogP contribution in [0.15, 0.2) is 48.5 Å². The average Bonchev–Trinajstić information content (AvgIpc) is 2.67. The quantitative estimate of drug-likeness (QED) is 0.758. The number of nitrogens with one attached hydrogen (secondary N) is 1. The van der Waals surface area contributed by atoms with Crippen LogP contribution < -0.4 is 5.32 Å². The zero-order valence-electron chi connectivity index (χ0n) is 14.5. The second-order valence-electron chi connectivity index (χ2n) is 6.33. The highest BCUT2D eigenvalue weighted by molar-refractivity contribution is 6.04. The number of hydrogen-bond acceptors (Lipinski definition) is 4. The van der Waals surface area contributed by atoms with E-state index in [1.165, 1.54) is 0 Å². The maximum Gasteiger partial charge on any atom is 0.256 e. The van der Waals surface area contributed by atoms with Crippen molar-refractivity contribution in [2.75, 3.05) is 5.32 Å². The summed E-state index contributed by atoms with van der Waals surface area (Å²) in [6.45, 7) is 2.00. The Hall–Kier alpha value is -3.21. The molecule has 26 heavy (non-hydrogen) atoms. The summed E-state index contributed by atoms with van der Waals surface area (Å²) < 4.78 is 0. The highest BCUT2D eigenvalue weighted by Crippen LogP contribution is 2.34. The molecule has 5 nitrogen and oxygen atoms in total. The highest BCUT2D eigenvalue weighted by Gasteiger charge is 2.22. The first-order valence-electron chi connectivity index (χ1n) is 8.74. The Balaban J connectivity index is 1.72. The van der Waals surface area contributed by atoms with Gasteiger partial charge in [0, 0.05) is 11.1 Å². The minimum Gasteiger partial charge on any atom is -0.508 e. The number of phenolic OH excluding ortho intramolecular Hbond substituents is 1. The lowest BCUT2D eigenvalue weighted by molar-refractivity contribution is 0.102. The Kier molecular flexibility index (Phi) is 4.13. The first kappa shape index (κ1) is 16.3. The van der Waals surface area contributed by atoms with Crippen LogP contribution in [-0.4, -0.2) is 21.0 Å². The molecule has 0 aliphatic heterocycles. The van der Waals surface area contributed by atoms with Crippen molar-refractivity contribution in [1.82, 2.24) is 9.97 Å². The van der Waals surface area contributed by atoms with E-state index in [-0.39, 0.29) is 11.7 Å². The Morgan fingerprint density at radius 3 is 2.69 bits per heavy atom. The van der Waals surface area contributed by atoms with Crippen LogP contribution in [-0.2, 0) is 19.3 Å². The molecule has 0 fully saturated rings. The Morgan fingerprint density at radius 1 is 1.12 bits per heavy atom. The molecule has 2 aromatic carbocycles. The van der Waals surface area contributed by atoms with Crippen molar-refractivity contribution in [1.29, 1.82) is 0 Å². The van der Waals surface area contributed by atoms with Crippen molar-refractivity contribution in [3.8, 4) is 17.0 Å². The minimum atomic E-state index is -0.185. The zero-order chi connectivity index (χ0) is 18.1. The SMILES string of the molecule is CCc1nc2c(nc1NC(=O)c1ccccc1)CCc1cc(O)ccc1-2. The number of aryl methyl sites for hydroxylation is 3. The van der Waals surface area contributed by atoms with Gasteiger partial charge in [0.2, 0.25) is 0 Å². The number of fused-ring (bicyclic) bond motifs is 3. The third kappa shape index (κ3) is 2.92. The standard InChI is InChI=1S/C21H19N3O2/c1-2-17-20(24-21(26)13-6-4-3-5-7-13)23-18-11-8-14-12-15(25)9-10-16(14)19(18)22-17/h3-7,9-10,12,25H,2,8,11H2,1H3,(H,23,24,26). The fourth-order valence-corrected chi connectivity index (χ4v) is 3.28. The number of anilines is 1. The predicted octanol–water partition coefficient (Wildman–Crippen LogP) is 3.76. The number of aromatic hydroxyl groups is 1. The van der Waals surface area contributed by atoms with Crippen LogP contribution in [0.25, 0.3) is 11.3 Å². The maximum atomic E-state index is 12.5. The second kappa shape index (κ2) is 6.59. The Labute approximate surface area is 151 Å². The topological polar surface area (TPSA) is 75.1 Å². The molecule has 2 N–H and O–H groups in total. The molecule has 1 aromatic heterocycles. The van der Waals surface area contributed by atoms with Gasteiger partial charge < -0.3 is 10.4 Å². The first-order valence-corrected chi connectivity index (χ1v) is 8.74. The van der Waals surface area contributed by atoms with E-state index >= 15 is 0 Å². The molecule has 0 radical (unpaired) electrons. The van der Waals surface area contributed by atoms with Gasteiger partial charge in [0.15, 0.2) is 5.82 Å². The van der Waals surface area contributed by atoms with Crippen molar-refractivity contribution < 1.29 is 9.90 Å². The molecule has 5 heteroatoms. The van der Waals surface area contributed by atoms with Gasteiger partial charge in [0.1, 0.15) is 5.75 Å². The molecule has 4 rings (SSSR count). The van der Waals surface area contributed by atoms with Crippen LogP contribution in [0.4, 0.5) is 5.82 Å². The zero-order valence-corrected chi connectivity index (χ0v) is 14.5. The molecule has 0 saturated carbocycles. The van der Waals surface area contributed by atoms with E-state index in [9.17, 15) is 9.90 Å². The van der Waals surface area contributed by atoms with Gasteiger partial charge in [-0.2, -0.15) is 0 Å². The summed E-state index contributed by atoms with van der Waals surface area (Å²) in [5.41, 5.74) is 5.16. The molecule has 1 amide bonds. The number of benzene rings is 2. The van der Waals surface area contributed by atoms with Gasteiger partial charge in [0.05, 0.1) is 17.1 Å². The van der Waals surface area contributed by atoms with Gasteiger partial charge >= 0.3 is 0 Å². The molecule has 0 spiro atoms. The smallest absolute Gasteiger partial charge is 0.256 e. The number of carbonyl (C=O) groups is 1. The Bertz CT molecular complexity index is 984. The molecule has 3 aromatic rings. The van der Waals surface area contributed by atoms with Crippen molar-refractivity contribution in [3.05, 3.63) is 71.0 Å². The number of amides is 1. The second-order valence-corrected chi connectivity index (χ2v) is 6.33. The van der Waals surface area contributed by atoms with Gasteiger partial charge in [-0.05, 0) is 55.2 Å². The maximum absolute atomic E-state index is 12.5. The number of nitrogens with zero attached hydrogens (tertiary/aromatic N) is 2. The van der Waals surface area contributed by atoms with E-state index in [4.69, 9.17) is 9.97 Å². The molecule has 1 aliphatic rings. The van der Waals surface area contributed by atoms with E-state index in [0.717, 1.165) is 41.1 Å². The summed E-state index contributed by atoms with van der Waals surface area (Å²) in [6, 6.07) is 14.4. The lowest BCUT2D eigenvalue weighted by atomic mass is 9.91. The summed E-state index contributed by atoms with van der Waals surface area (Å²) in [7, 11) is 0. The number of aromatic nitrogens is 2. The first-order chi connectivity index (χ1) is 12.7. The summed E-state index contributed by atoms with van der Waals surface area (Å²) in [5, 5.41) is 12.6. The number of rotatable bonds is 3. The van der Waals surface area contributed by atoms with Crippen molar-refractivity contribution in [2.24, 2.45) is 0 Å². The normalized spacial score (nSPS) is 12.2. The molecular weight excluding hydrogens is 326 g/mol. The lowest BCUT2D eigenvalue weighted by Crippen LogP contribution is -2.18. The average molecular weight is 345 g/mol. The summed E-state index contributed by atoms with van der Waals surface area (Å²) in [5.74, 6) is 0.612. The van der Waals surface area contributed by atoms with Crippen molar-refractivity contribution in [3.63, 3.8) is 0 Å². The van der Waals surface area contributed by atoms with E-state index in [1.54, 1.807) is 24.3 Å². The monoisotopic (exact) mass is 345 g/mol. The van der Waals surface area contributed by atoms with E-state index in [2.05, 4.69) is 5.32 Å². The summed E-state index contributed by atoms with van der Waals surface area (Å²) in [6.07, 6.45) is 2.19. The molecular formula is C21H19N3O2. The van der Waals surface area contributed by atoms with Crippen LogP contribution in [0.2, 0.25) is 0 Å². The van der Waals surface area contributed by atoms with E-state index in [0.29, 0.717) is 17.8 Å². The minimum absolute atomic E-state index is 0.185. The molecule has 0 bridgehead atoms. The number of phenols is 1. The molecule has 1 heterocycles. The molecule has 1 aliphatic carbocycles. The van der Waals surface area contributed by atoms with E-state index in [1.807, 2.05) is 31.2 Å². The van der Waals surface area contributed by atoms with Gasteiger partial charge in [-0.25, -0.2) is 9.97 Å². The predicted molar refractivity (Wildman–Crippen MR) is 100 cm³/mol. The summed E-state index contributed by atoms with van der Waals surface area (Å²) in [4.78, 5) is 22.0. The number of carbonyl (C=O) groups excluding carboxylic acids is 1. The van der Waals surface area contributed by atoms with Crippen LogP contribution in [0.3, 0.4) is 0 Å². The van der Waals surface area contributed by atoms with Crippen LogP contribution >= 0.6 is 0 Å². The van der Waals surface area contributed by atoms with Crippen molar-refractivity contribution >= 4 is 11.7 Å². The summed E-state index contributed by atoms with van der Waals surface area (Å²) >= 11 is 0. The fraction of sp³-hybridized carbons (Fsp3) is 0.190. The third-order valence-electron chi connectivity index (χ3n) is 4.62. The van der Waals surface area contributed by atoms with Crippen LogP contribution in [0.5, 0.6) is 5.75 Å². The van der Waals surface area contributed by atoms with E-state index < -0.39 is 0 Å². The van der Waals surface area contributed by atoms with Gasteiger partial charge in [-0.3, -0.25) is 4.79 Å². The molecule has 0 atom stereocenters. The number of hydrogen-bond donors (Lipinski definition) is 2. The largest absolute Gasteiger partial charge is 0.508 e. The van der Waals surface area contributed by atoms with Gasteiger partial charge in [0.25, 0.3) is 5.91 Å². The van der Waals surface area contributed by atoms with Crippen molar-refractivity contribution in [2.45, 2.75) is 26.2 Å². The van der Waals surface area contributed by atoms with Gasteiger partial charge in [-0.1, -0.05) is 25.1 Å². The van der Waals surface area contributed by atoms with Crippen LogP contribution in [0, 0.1) is 0 Å².